The number of thioether (sulfide) groups is 2. The first-order valence-electron chi connectivity index (χ1n) is 16.9. The number of imide groups is 1. The molecule has 2 aromatic carbocycles. The van der Waals surface area contributed by atoms with Gasteiger partial charge in [-0.25, -0.2) is 0 Å². The number of benzene rings is 2. The maximum absolute atomic E-state index is 13.1. The Morgan fingerprint density at radius 2 is 1.46 bits per heavy atom. The Bertz CT molecular complexity index is 1550. The summed E-state index contributed by atoms with van der Waals surface area (Å²) in [5.74, 6) is 0.870. The summed E-state index contributed by atoms with van der Waals surface area (Å²) < 4.78 is 0. The molecule has 2 atom stereocenters. The number of nitrogens with zero attached hydrogens (tertiary/aromatic N) is 2. The van der Waals surface area contributed by atoms with Gasteiger partial charge in [0.2, 0.25) is 17.7 Å². The van der Waals surface area contributed by atoms with Gasteiger partial charge in [-0.1, -0.05) is 44.2 Å². The topological polar surface area (TPSA) is 133 Å². The van der Waals surface area contributed by atoms with E-state index in [9.17, 15) is 28.8 Å². The van der Waals surface area contributed by atoms with Crippen LogP contribution in [-0.2, 0) is 32.3 Å². The standard InChI is InChI=1S/C36H44N4O6S2/c1-37-32(42)17-15-24(23-41)39-21-27-25(35(39)45)11-9-13-30(27)47-19-7-5-3-2-4-6-8-20-48-31-14-10-12-26-28(31)22-40(36(26)46)29-16-18-33(43)38-34(29)44/h9-14,23-24,29H,2-8,15-22H2,1H3,(H,37,42)(H,38,43,44). The van der Waals surface area contributed by atoms with Gasteiger partial charge in [-0.05, 0) is 72.6 Å². The molecule has 3 aliphatic rings. The average molecular weight is 693 g/mol. The molecule has 1 fully saturated rings. The molecule has 0 bridgehead atoms. The Morgan fingerprint density at radius 3 is 2.04 bits per heavy atom. The van der Waals surface area contributed by atoms with Gasteiger partial charge in [0.15, 0.2) is 0 Å². The van der Waals surface area contributed by atoms with E-state index >= 15 is 0 Å². The molecule has 3 heterocycles. The SMILES string of the molecule is CNC(=O)CCC(C=O)N1Cc2c(SCCCCCCCCCSc3cccc4c3CN(C3CCC(=O)NC3=O)C4=O)cccc2C1=O. The van der Waals surface area contributed by atoms with Gasteiger partial charge in [0, 0.05) is 53.9 Å². The molecule has 0 aromatic heterocycles. The first kappa shape index (κ1) is 35.7. The summed E-state index contributed by atoms with van der Waals surface area (Å²) in [5, 5.41) is 4.92. The third-order valence-corrected chi connectivity index (χ3v) is 11.7. The van der Waals surface area contributed by atoms with Crippen molar-refractivity contribution in [3.05, 3.63) is 58.7 Å². The highest BCUT2D eigenvalue weighted by Crippen LogP contribution is 2.36. The van der Waals surface area contributed by atoms with Crippen LogP contribution in [0, 0.1) is 0 Å². The fourth-order valence-electron chi connectivity index (χ4n) is 6.58. The lowest BCUT2D eigenvalue weighted by Crippen LogP contribution is -2.52. The molecule has 5 amide bonds. The van der Waals surface area contributed by atoms with Crippen LogP contribution in [0.4, 0.5) is 0 Å². The molecule has 10 nitrogen and oxygen atoms in total. The van der Waals surface area contributed by atoms with E-state index in [1.165, 1.54) is 19.3 Å². The Labute approximate surface area is 290 Å². The highest BCUT2D eigenvalue weighted by molar-refractivity contribution is 7.99. The number of carbonyl (C=O) groups excluding carboxylic acids is 6. The van der Waals surface area contributed by atoms with Gasteiger partial charge >= 0.3 is 0 Å². The Balaban J connectivity index is 0.961. The zero-order valence-electron chi connectivity index (χ0n) is 27.5. The molecule has 0 aliphatic carbocycles. The van der Waals surface area contributed by atoms with Crippen molar-refractivity contribution >= 4 is 59.3 Å². The third kappa shape index (κ3) is 8.49. The van der Waals surface area contributed by atoms with Crippen molar-refractivity contribution in [2.75, 3.05) is 18.6 Å². The number of aldehydes is 1. The lowest BCUT2D eigenvalue weighted by molar-refractivity contribution is -0.137. The fourth-order valence-corrected chi connectivity index (χ4v) is 8.76. The van der Waals surface area contributed by atoms with Gasteiger partial charge in [0.05, 0.1) is 6.04 Å². The van der Waals surface area contributed by atoms with Crippen LogP contribution in [0.3, 0.4) is 0 Å². The minimum atomic E-state index is -0.610. The van der Waals surface area contributed by atoms with Crippen LogP contribution in [0.1, 0.15) is 102 Å². The highest BCUT2D eigenvalue weighted by Gasteiger charge is 2.40. The molecule has 12 heteroatoms. The lowest BCUT2D eigenvalue weighted by Gasteiger charge is -2.29. The summed E-state index contributed by atoms with van der Waals surface area (Å²) in [6.07, 6.45) is 9.98. The zero-order valence-corrected chi connectivity index (χ0v) is 29.1. The van der Waals surface area contributed by atoms with E-state index in [2.05, 4.69) is 22.8 Å². The third-order valence-electron chi connectivity index (χ3n) is 9.30. The number of hydrogen-bond donors (Lipinski definition) is 2. The number of amides is 5. The molecule has 48 heavy (non-hydrogen) atoms. The van der Waals surface area contributed by atoms with E-state index in [1.54, 1.807) is 40.4 Å². The van der Waals surface area contributed by atoms with Crippen molar-refractivity contribution in [2.24, 2.45) is 0 Å². The van der Waals surface area contributed by atoms with Crippen LogP contribution < -0.4 is 10.6 Å². The van der Waals surface area contributed by atoms with Crippen molar-refractivity contribution in [3.8, 4) is 0 Å². The van der Waals surface area contributed by atoms with Crippen molar-refractivity contribution < 1.29 is 28.8 Å². The van der Waals surface area contributed by atoms with Gasteiger partial charge in [0.1, 0.15) is 12.3 Å². The second kappa shape index (κ2) is 17.1. The molecule has 0 radical (unpaired) electrons. The summed E-state index contributed by atoms with van der Waals surface area (Å²) >= 11 is 3.54. The number of rotatable bonds is 18. The van der Waals surface area contributed by atoms with Crippen molar-refractivity contribution in [1.82, 2.24) is 20.4 Å². The Hall–Kier alpha value is -3.64. The van der Waals surface area contributed by atoms with Gasteiger partial charge < -0.3 is 19.9 Å². The molecule has 256 valence electrons. The second-order valence-corrected chi connectivity index (χ2v) is 14.8. The number of piperidine rings is 1. The number of carbonyl (C=O) groups is 6. The second-order valence-electron chi connectivity index (χ2n) is 12.5. The number of nitrogens with one attached hydrogen (secondary N) is 2. The Kier molecular flexibility index (Phi) is 12.7. The van der Waals surface area contributed by atoms with Gasteiger partial charge in [-0.15, -0.1) is 23.5 Å². The lowest BCUT2D eigenvalue weighted by atomic mass is 10.0. The van der Waals surface area contributed by atoms with Gasteiger partial charge in [0.25, 0.3) is 11.8 Å². The first-order valence-corrected chi connectivity index (χ1v) is 18.9. The minimum absolute atomic E-state index is 0.131. The molecule has 2 aromatic rings. The van der Waals surface area contributed by atoms with Crippen LogP contribution in [0.5, 0.6) is 0 Å². The number of fused-ring (bicyclic) bond motifs is 2. The average Bonchev–Trinajstić information content (AvgIpc) is 3.60. The maximum Gasteiger partial charge on any atom is 0.255 e. The van der Waals surface area contributed by atoms with E-state index in [-0.39, 0.29) is 42.4 Å². The molecule has 0 saturated carbocycles. The summed E-state index contributed by atoms with van der Waals surface area (Å²) in [4.78, 5) is 78.8. The quantitative estimate of drug-likeness (QED) is 0.0954. The molecule has 0 spiro atoms. The maximum atomic E-state index is 13.1. The first-order chi connectivity index (χ1) is 23.3. The summed E-state index contributed by atoms with van der Waals surface area (Å²) in [6.45, 7) is 0.810. The molecule has 1 saturated heterocycles. The molecule has 5 rings (SSSR count). The van der Waals surface area contributed by atoms with E-state index in [0.717, 1.165) is 64.4 Å². The summed E-state index contributed by atoms with van der Waals surface area (Å²) in [7, 11) is 1.56. The summed E-state index contributed by atoms with van der Waals surface area (Å²) in [6, 6.07) is 10.4. The van der Waals surface area contributed by atoms with Crippen LogP contribution in [0.25, 0.3) is 0 Å². The van der Waals surface area contributed by atoms with Crippen molar-refractivity contribution in [2.45, 2.75) is 106 Å². The largest absolute Gasteiger partial charge is 0.359 e. The number of unbranched alkanes of at least 4 members (excludes halogenated alkanes) is 6. The molecular weight excluding hydrogens is 649 g/mol. The highest BCUT2D eigenvalue weighted by atomic mass is 32.2. The smallest absolute Gasteiger partial charge is 0.255 e. The van der Waals surface area contributed by atoms with Crippen LogP contribution >= 0.6 is 23.5 Å². The molecule has 3 aliphatic heterocycles. The van der Waals surface area contributed by atoms with E-state index in [4.69, 9.17) is 0 Å². The predicted octanol–water partition coefficient (Wildman–Crippen LogP) is 5.11. The minimum Gasteiger partial charge on any atom is -0.359 e. The van der Waals surface area contributed by atoms with E-state index in [0.29, 0.717) is 37.1 Å². The molecule has 2 N–H and O–H groups in total. The molecule has 2 unspecified atom stereocenters. The van der Waals surface area contributed by atoms with Gasteiger partial charge in [-0.2, -0.15) is 0 Å². The number of hydrogen-bond acceptors (Lipinski definition) is 8. The summed E-state index contributed by atoms with van der Waals surface area (Å²) in [5.41, 5.74) is 3.29. The zero-order chi connectivity index (χ0) is 34.0. The van der Waals surface area contributed by atoms with E-state index in [1.807, 2.05) is 24.3 Å². The fraction of sp³-hybridized carbons (Fsp3) is 0.500. The normalized spacial score (nSPS) is 17.7. The Morgan fingerprint density at radius 1 is 0.875 bits per heavy atom. The van der Waals surface area contributed by atoms with Crippen LogP contribution in [0.2, 0.25) is 0 Å². The van der Waals surface area contributed by atoms with Crippen molar-refractivity contribution in [1.29, 1.82) is 0 Å². The van der Waals surface area contributed by atoms with Crippen molar-refractivity contribution in [3.63, 3.8) is 0 Å². The van der Waals surface area contributed by atoms with Gasteiger partial charge in [-0.3, -0.25) is 29.3 Å². The monoisotopic (exact) mass is 692 g/mol. The molecular formula is C36H44N4O6S2. The van der Waals surface area contributed by atoms with Crippen LogP contribution in [0.15, 0.2) is 46.2 Å². The predicted molar refractivity (Wildman–Crippen MR) is 186 cm³/mol. The van der Waals surface area contributed by atoms with E-state index < -0.39 is 12.1 Å². The van der Waals surface area contributed by atoms with Crippen LogP contribution in [-0.4, -0.2) is 76.3 Å².